The van der Waals surface area contributed by atoms with Gasteiger partial charge in [0.15, 0.2) is 0 Å². The van der Waals surface area contributed by atoms with Crippen LogP contribution in [0.5, 0.6) is 0 Å². The van der Waals surface area contributed by atoms with Crippen molar-refractivity contribution < 1.29 is 41.0 Å². The molecular weight excluding hydrogens is 564 g/mol. The van der Waals surface area contributed by atoms with Crippen LogP contribution < -0.4 is 5.14 Å². The van der Waals surface area contributed by atoms with Gasteiger partial charge in [-0.15, -0.1) is 21.5 Å². The Morgan fingerprint density at radius 3 is 2.53 bits per heavy atom. The van der Waals surface area contributed by atoms with Crippen LogP contribution in [0.1, 0.15) is 36.1 Å². The quantitative estimate of drug-likeness (QED) is 0.216. The highest BCUT2D eigenvalue weighted by Crippen LogP contribution is 2.42. The summed E-state index contributed by atoms with van der Waals surface area (Å²) in [5.41, 5.74) is 1.07. The van der Waals surface area contributed by atoms with Crippen LogP contribution in [0, 0.1) is 10.1 Å². The van der Waals surface area contributed by atoms with E-state index in [1.165, 1.54) is 22.4 Å². The van der Waals surface area contributed by atoms with E-state index >= 15 is 0 Å². The van der Waals surface area contributed by atoms with E-state index in [1.807, 2.05) is 0 Å². The summed E-state index contributed by atoms with van der Waals surface area (Å²) in [5.74, 6) is 0. The van der Waals surface area contributed by atoms with E-state index < -0.39 is 37.3 Å². The molecular formula is C21H28N4O10S3. The first-order valence-electron chi connectivity index (χ1n) is 11.3. The zero-order chi connectivity index (χ0) is 28.1. The summed E-state index contributed by atoms with van der Waals surface area (Å²) in [5, 5.41) is 14.9. The number of likely N-dealkylation sites (N-methyl/N-ethyl adjacent to an activating group) is 1. The number of sulfonamides is 2. The molecule has 17 heteroatoms. The van der Waals surface area contributed by atoms with Crippen molar-refractivity contribution >= 4 is 37.5 Å². The van der Waals surface area contributed by atoms with Gasteiger partial charge in [0.05, 0.1) is 6.04 Å². The molecule has 0 radical (unpaired) electrons. The van der Waals surface area contributed by atoms with E-state index in [1.54, 1.807) is 31.2 Å². The van der Waals surface area contributed by atoms with Gasteiger partial charge in [-0.25, -0.2) is 26.8 Å². The normalized spacial score (nSPS) is 17.0. The molecule has 38 heavy (non-hydrogen) atoms. The van der Waals surface area contributed by atoms with Crippen LogP contribution in [-0.2, 0) is 47.6 Å². The summed E-state index contributed by atoms with van der Waals surface area (Å²) in [7, 11) is -6.77. The maximum Gasteiger partial charge on any atom is 0.410 e. The van der Waals surface area contributed by atoms with Gasteiger partial charge in [0.2, 0.25) is 10.0 Å². The molecule has 0 aliphatic carbocycles. The maximum atomic E-state index is 13.3. The zero-order valence-corrected chi connectivity index (χ0v) is 23.1. The molecule has 1 aliphatic rings. The van der Waals surface area contributed by atoms with Crippen molar-refractivity contribution in [2.24, 2.45) is 5.14 Å². The molecule has 1 aromatic heterocycles. The Balaban J connectivity index is 1.90. The number of fused-ring (bicyclic) bond motifs is 1. The fourth-order valence-corrected chi connectivity index (χ4v) is 8.26. The Morgan fingerprint density at radius 2 is 1.95 bits per heavy atom. The molecule has 0 bridgehead atoms. The SMILES string of the molecule is CCN(C(=O)OCc1ccccc1CO[N+](=O)[O-])[C@H]1CN(CCCOC)S(=O)(=O)c2sc(S(N)(=O)=O)cc21. The molecule has 3 rings (SSSR count). The maximum absolute atomic E-state index is 13.3. The molecule has 14 nitrogen and oxygen atoms in total. The third-order valence-corrected chi connectivity index (χ3v) is 10.8. The van der Waals surface area contributed by atoms with E-state index in [9.17, 15) is 31.7 Å². The second-order valence-electron chi connectivity index (χ2n) is 8.18. The molecule has 1 aliphatic heterocycles. The van der Waals surface area contributed by atoms with E-state index in [4.69, 9.17) is 14.6 Å². The first-order chi connectivity index (χ1) is 17.9. The van der Waals surface area contributed by atoms with Crippen LogP contribution in [0.15, 0.2) is 38.8 Å². The van der Waals surface area contributed by atoms with Gasteiger partial charge in [0.25, 0.3) is 15.1 Å². The lowest BCUT2D eigenvalue weighted by Gasteiger charge is -2.37. The van der Waals surface area contributed by atoms with Crippen LogP contribution in [0.3, 0.4) is 0 Å². The van der Waals surface area contributed by atoms with Gasteiger partial charge in [-0.05, 0) is 30.5 Å². The molecule has 1 amide bonds. The molecule has 0 unspecified atom stereocenters. The van der Waals surface area contributed by atoms with Crippen LogP contribution in [0.4, 0.5) is 4.79 Å². The van der Waals surface area contributed by atoms with E-state index in [-0.39, 0.29) is 46.8 Å². The lowest BCUT2D eigenvalue weighted by atomic mass is 10.1. The molecule has 1 atom stereocenters. The van der Waals surface area contributed by atoms with Gasteiger partial charge in [-0.2, -0.15) is 4.31 Å². The van der Waals surface area contributed by atoms with Crippen LogP contribution in [0.2, 0.25) is 0 Å². The molecule has 210 valence electrons. The predicted octanol–water partition coefficient (Wildman–Crippen LogP) is 1.84. The highest BCUT2D eigenvalue weighted by molar-refractivity contribution is 7.94. The summed E-state index contributed by atoms with van der Waals surface area (Å²) >= 11 is 0.534. The van der Waals surface area contributed by atoms with Gasteiger partial charge < -0.3 is 19.2 Å². The van der Waals surface area contributed by atoms with E-state index in [2.05, 4.69) is 4.84 Å². The first kappa shape index (κ1) is 29.7. The molecule has 0 fully saturated rings. The van der Waals surface area contributed by atoms with E-state index in [0.717, 1.165) is 0 Å². The van der Waals surface area contributed by atoms with Gasteiger partial charge in [0, 0.05) is 38.9 Å². The number of amides is 1. The molecule has 2 N–H and O–H groups in total. The minimum Gasteiger partial charge on any atom is -0.445 e. The minimum absolute atomic E-state index is 0.0884. The van der Waals surface area contributed by atoms with Crippen molar-refractivity contribution in [2.75, 3.05) is 33.4 Å². The van der Waals surface area contributed by atoms with Crippen molar-refractivity contribution in [2.45, 2.75) is 41.0 Å². The van der Waals surface area contributed by atoms with E-state index in [0.29, 0.717) is 35.5 Å². The average Bonchev–Trinajstić information content (AvgIpc) is 3.32. The highest BCUT2D eigenvalue weighted by Gasteiger charge is 2.43. The summed E-state index contributed by atoms with van der Waals surface area (Å²) in [4.78, 5) is 29.5. The summed E-state index contributed by atoms with van der Waals surface area (Å²) in [6, 6.07) is 6.89. The van der Waals surface area contributed by atoms with Gasteiger partial charge in [-0.1, -0.05) is 24.3 Å². The Hall–Kier alpha value is -2.83. The number of methoxy groups -OCH3 is 1. The van der Waals surface area contributed by atoms with Crippen molar-refractivity contribution in [1.29, 1.82) is 0 Å². The van der Waals surface area contributed by atoms with Crippen molar-refractivity contribution in [3.05, 3.63) is 57.1 Å². The molecule has 2 heterocycles. The number of benzene rings is 1. The molecule has 0 spiro atoms. The summed E-state index contributed by atoms with van der Waals surface area (Å²) < 4.78 is 61.8. The number of ether oxygens (including phenoxy) is 2. The summed E-state index contributed by atoms with van der Waals surface area (Å²) in [6.07, 6.45) is -0.405. The third kappa shape index (κ3) is 6.78. The largest absolute Gasteiger partial charge is 0.445 e. The fourth-order valence-electron chi connectivity index (χ4n) is 3.97. The molecule has 2 aromatic rings. The van der Waals surface area contributed by atoms with Crippen molar-refractivity contribution in [3.8, 4) is 0 Å². The van der Waals surface area contributed by atoms with Gasteiger partial charge in [0.1, 0.15) is 21.6 Å². The monoisotopic (exact) mass is 592 g/mol. The molecule has 1 aromatic carbocycles. The summed E-state index contributed by atoms with van der Waals surface area (Å²) in [6.45, 7) is 1.49. The van der Waals surface area contributed by atoms with Gasteiger partial charge >= 0.3 is 6.09 Å². The Kier molecular flexibility index (Phi) is 9.66. The number of nitrogens with zero attached hydrogens (tertiary/aromatic N) is 3. The standard InChI is InChI=1S/C21H28N4O10S3/c1-3-24(21(26)34-13-15-7-4-5-8-16(15)14-35-25(27)28)18-12-23(9-6-10-33-2)38(31,32)20-17(18)11-19(36-20)37(22,29)30/h4-5,7-8,11,18H,3,6,9-10,12-14H2,1-2H3,(H2,22,29,30)/t18-/m0/s1. The second-order valence-corrected chi connectivity index (χ2v) is 13.2. The first-order valence-corrected chi connectivity index (χ1v) is 15.1. The number of thiophene rings is 1. The smallest absolute Gasteiger partial charge is 0.410 e. The Bertz CT molecular complexity index is 1380. The molecule has 0 saturated heterocycles. The lowest BCUT2D eigenvalue weighted by molar-refractivity contribution is -0.763. The van der Waals surface area contributed by atoms with Gasteiger partial charge in [-0.3, -0.25) is 0 Å². The number of carbonyl (C=O) groups is 1. The van der Waals surface area contributed by atoms with Crippen LogP contribution in [-0.4, -0.2) is 70.6 Å². The number of rotatable bonds is 12. The Morgan fingerprint density at radius 1 is 1.29 bits per heavy atom. The predicted molar refractivity (Wildman–Crippen MR) is 134 cm³/mol. The average molecular weight is 593 g/mol. The van der Waals surface area contributed by atoms with Crippen molar-refractivity contribution in [1.82, 2.24) is 9.21 Å². The topological polar surface area (TPSA) is 189 Å². The van der Waals surface area contributed by atoms with Crippen LogP contribution >= 0.6 is 11.3 Å². The molecule has 0 saturated carbocycles. The fraction of sp³-hybridized carbons (Fsp3) is 0.476. The Labute approximate surface area is 224 Å². The second kappa shape index (κ2) is 12.4. The number of nitrogens with two attached hydrogens (primary N) is 1. The minimum atomic E-state index is -4.20. The third-order valence-electron chi connectivity index (χ3n) is 5.79. The van der Waals surface area contributed by atoms with Crippen molar-refractivity contribution in [3.63, 3.8) is 0 Å². The van der Waals surface area contributed by atoms with Crippen LogP contribution in [0.25, 0.3) is 0 Å². The lowest BCUT2D eigenvalue weighted by Crippen LogP contribution is -2.47. The number of hydrogen-bond donors (Lipinski definition) is 1. The zero-order valence-electron chi connectivity index (χ0n) is 20.6. The number of primary sulfonamides is 1. The number of carbonyl (C=O) groups excluding carboxylic acids is 1. The highest BCUT2D eigenvalue weighted by atomic mass is 32.3. The number of hydrogen-bond acceptors (Lipinski definition) is 11.